The van der Waals surface area contributed by atoms with Crippen molar-refractivity contribution in [1.29, 1.82) is 0 Å². The summed E-state index contributed by atoms with van der Waals surface area (Å²) in [4.78, 5) is 16.8. The van der Waals surface area contributed by atoms with Crippen LogP contribution in [0.4, 0.5) is 15.2 Å². The molecule has 0 saturated heterocycles. The van der Waals surface area contributed by atoms with E-state index in [9.17, 15) is 14.5 Å². The van der Waals surface area contributed by atoms with Gasteiger partial charge in [0, 0.05) is 19.2 Å². The average molecular weight is 347 g/mol. The molecule has 8 heteroatoms. The van der Waals surface area contributed by atoms with E-state index in [1.54, 1.807) is 18.2 Å². The largest absolute Gasteiger partial charge is 0.492 e. The maximum absolute atomic E-state index is 12.8. The SMILES string of the molecule is CN(CCOc1ccc(F)cc1)c1nc2ccc([N+](=O)[O-])cc2s1. The number of nitrogens with zero attached hydrogens (tertiary/aromatic N) is 3. The van der Waals surface area contributed by atoms with Crippen molar-refractivity contribution in [2.24, 2.45) is 0 Å². The molecule has 0 N–H and O–H groups in total. The number of hydrogen-bond donors (Lipinski definition) is 0. The number of non-ortho nitro benzene ring substituents is 1. The van der Waals surface area contributed by atoms with E-state index >= 15 is 0 Å². The molecule has 2 aromatic carbocycles. The number of halogens is 1. The number of likely N-dealkylation sites (N-methyl/N-ethyl adjacent to an activating group) is 1. The van der Waals surface area contributed by atoms with Crippen molar-refractivity contribution in [2.45, 2.75) is 0 Å². The molecule has 1 aromatic heterocycles. The minimum absolute atomic E-state index is 0.0556. The Morgan fingerprint density at radius 3 is 2.75 bits per heavy atom. The monoisotopic (exact) mass is 347 g/mol. The Balaban J connectivity index is 1.64. The zero-order valence-electron chi connectivity index (χ0n) is 12.8. The molecule has 6 nitrogen and oxygen atoms in total. The number of hydrogen-bond acceptors (Lipinski definition) is 6. The third-order valence-electron chi connectivity index (χ3n) is 3.41. The smallest absolute Gasteiger partial charge is 0.270 e. The number of nitro groups is 1. The fourth-order valence-electron chi connectivity index (χ4n) is 2.10. The highest BCUT2D eigenvalue weighted by Crippen LogP contribution is 2.30. The second-order valence-electron chi connectivity index (χ2n) is 5.13. The first-order valence-corrected chi connectivity index (χ1v) is 7.99. The molecule has 0 amide bonds. The van der Waals surface area contributed by atoms with Crippen LogP contribution in [0.2, 0.25) is 0 Å². The summed E-state index contributed by atoms with van der Waals surface area (Å²) in [5.74, 6) is 0.299. The molecule has 124 valence electrons. The van der Waals surface area contributed by atoms with Gasteiger partial charge in [0.05, 0.1) is 21.7 Å². The van der Waals surface area contributed by atoms with Gasteiger partial charge in [-0.05, 0) is 30.3 Å². The van der Waals surface area contributed by atoms with E-state index < -0.39 is 4.92 Å². The van der Waals surface area contributed by atoms with Crippen molar-refractivity contribution in [3.8, 4) is 5.75 Å². The molecule has 0 aliphatic carbocycles. The van der Waals surface area contributed by atoms with Gasteiger partial charge in [0.25, 0.3) is 5.69 Å². The van der Waals surface area contributed by atoms with E-state index in [1.165, 1.54) is 35.6 Å². The van der Waals surface area contributed by atoms with Gasteiger partial charge in [-0.2, -0.15) is 0 Å². The second kappa shape index (κ2) is 6.79. The van der Waals surface area contributed by atoms with Gasteiger partial charge in [-0.15, -0.1) is 0 Å². The number of anilines is 1. The number of thiazole rings is 1. The Morgan fingerprint density at radius 1 is 1.29 bits per heavy atom. The summed E-state index contributed by atoms with van der Waals surface area (Å²) in [5, 5.41) is 11.6. The maximum atomic E-state index is 12.8. The molecule has 1 heterocycles. The van der Waals surface area contributed by atoms with Gasteiger partial charge in [0.1, 0.15) is 18.2 Å². The predicted molar refractivity (Wildman–Crippen MR) is 91.4 cm³/mol. The van der Waals surface area contributed by atoms with Crippen LogP contribution in [0.5, 0.6) is 5.75 Å². The zero-order valence-corrected chi connectivity index (χ0v) is 13.6. The number of nitro benzene ring substituents is 1. The van der Waals surface area contributed by atoms with E-state index in [1.807, 2.05) is 11.9 Å². The molecule has 0 radical (unpaired) electrons. The summed E-state index contributed by atoms with van der Waals surface area (Å²) in [6.07, 6.45) is 0. The highest BCUT2D eigenvalue weighted by Gasteiger charge is 2.12. The van der Waals surface area contributed by atoms with Crippen molar-refractivity contribution in [2.75, 3.05) is 25.1 Å². The van der Waals surface area contributed by atoms with Gasteiger partial charge in [0.2, 0.25) is 0 Å². The molecule has 3 aromatic rings. The van der Waals surface area contributed by atoms with Crippen LogP contribution in [0.15, 0.2) is 42.5 Å². The van der Waals surface area contributed by atoms with Crippen LogP contribution < -0.4 is 9.64 Å². The van der Waals surface area contributed by atoms with Crippen molar-refractivity contribution in [3.63, 3.8) is 0 Å². The van der Waals surface area contributed by atoms with Crippen LogP contribution in [-0.4, -0.2) is 30.1 Å². The average Bonchev–Trinajstić information content (AvgIpc) is 2.99. The molecular weight excluding hydrogens is 333 g/mol. The van der Waals surface area contributed by atoms with Crippen molar-refractivity contribution < 1.29 is 14.1 Å². The number of fused-ring (bicyclic) bond motifs is 1. The molecule has 0 saturated carbocycles. The van der Waals surface area contributed by atoms with E-state index in [0.29, 0.717) is 18.9 Å². The predicted octanol–water partition coefficient (Wildman–Crippen LogP) is 3.86. The Bertz CT molecular complexity index is 867. The minimum atomic E-state index is -0.418. The molecule has 0 unspecified atom stereocenters. The number of ether oxygens (including phenoxy) is 1. The highest BCUT2D eigenvalue weighted by molar-refractivity contribution is 7.22. The molecule has 3 rings (SSSR count). The zero-order chi connectivity index (χ0) is 17.1. The summed E-state index contributed by atoms with van der Waals surface area (Å²) < 4.78 is 19.2. The minimum Gasteiger partial charge on any atom is -0.492 e. The summed E-state index contributed by atoms with van der Waals surface area (Å²) in [7, 11) is 1.88. The normalized spacial score (nSPS) is 10.8. The lowest BCUT2D eigenvalue weighted by atomic mass is 10.3. The number of rotatable bonds is 6. The third kappa shape index (κ3) is 3.60. The Labute approximate surface area is 141 Å². The van der Waals surface area contributed by atoms with Gasteiger partial charge >= 0.3 is 0 Å². The quantitative estimate of drug-likeness (QED) is 0.500. The van der Waals surface area contributed by atoms with Crippen molar-refractivity contribution >= 4 is 32.4 Å². The van der Waals surface area contributed by atoms with Gasteiger partial charge < -0.3 is 9.64 Å². The van der Waals surface area contributed by atoms with Crippen LogP contribution in [0.1, 0.15) is 0 Å². The van der Waals surface area contributed by atoms with Crippen LogP contribution >= 0.6 is 11.3 Å². The first-order valence-electron chi connectivity index (χ1n) is 7.17. The molecule has 24 heavy (non-hydrogen) atoms. The summed E-state index contributed by atoms with van der Waals surface area (Å²) in [6.45, 7) is 0.998. The molecule has 0 bridgehead atoms. The van der Waals surface area contributed by atoms with Crippen LogP contribution in [0.3, 0.4) is 0 Å². The van der Waals surface area contributed by atoms with Gasteiger partial charge in [0.15, 0.2) is 5.13 Å². The Kier molecular flexibility index (Phi) is 4.57. The van der Waals surface area contributed by atoms with Crippen LogP contribution in [0.25, 0.3) is 10.2 Å². The van der Waals surface area contributed by atoms with Gasteiger partial charge in [-0.3, -0.25) is 10.1 Å². The summed E-state index contributed by atoms with van der Waals surface area (Å²) in [5.41, 5.74) is 0.784. The van der Waals surface area contributed by atoms with Crippen molar-refractivity contribution in [1.82, 2.24) is 4.98 Å². The maximum Gasteiger partial charge on any atom is 0.270 e. The van der Waals surface area contributed by atoms with E-state index in [2.05, 4.69) is 4.98 Å². The number of aromatic nitrogens is 1. The first kappa shape index (κ1) is 16.1. The summed E-state index contributed by atoms with van der Waals surface area (Å²) in [6, 6.07) is 10.5. The van der Waals surface area contributed by atoms with Crippen molar-refractivity contribution in [3.05, 3.63) is 58.4 Å². The topological polar surface area (TPSA) is 68.5 Å². The molecule has 0 aliphatic rings. The Morgan fingerprint density at radius 2 is 2.04 bits per heavy atom. The second-order valence-corrected chi connectivity index (χ2v) is 6.14. The standard InChI is InChI=1S/C16H14FN3O3S/c1-19(8-9-23-13-5-2-11(17)3-6-13)16-18-14-7-4-12(20(21)22)10-15(14)24-16/h2-7,10H,8-9H2,1H3. The lowest BCUT2D eigenvalue weighted by molar-refractivity contribution is -0.384. The fraction of sp³-hybridized carbons (Fsp3) is 0.188. The first-order chi connectivity index (χ1) is 11.5. The molecule has 0 aliphatic heterocycles. The van der Waals surface area contributed by atoms with E-state index in [0.717, 1.165) is 15.3 Å². The van der Waals surface area contributed by atoms with E-state index in [4.69, 9.17) is 4.74 Å². The van der Waals surface area contributed by atoms with Gasteiger partial charge in [-0.1, -0.05) is 11.3 Å². The third-order valence-corrected chi connectivity index (χ3v) is 4.54. The summed E-state index contributed by atoms with van der Waals surface area (Å²) >= 11 is 1.39. The van der Waals surface area contributed by atoms with E-state index in [-0.39, 0.29) is 11.5 Å². The molecular formula is C16H14FN3O3S. The Hall–Kier alpha value is -2.74. The van der Waals surface area contributed by atoms with Crippen LogP contribution in [0, 0.1) is 15.9 Å². The van der Waals surface area contributed by atoms with Crippen LogP contribution in [-0.2, 0) is 0 Å². The molecule has 0 spiro atoms. The molecule has 0 fully saturated rings. The van der Waals surface area contributed by atoms with Gasteiger partial charge in [-0.25, -0.2) is 9.37 Å². The lowest BCUT2D eigenvalue weighted by Crippen LogP contribution is -2.23. The lowest BCUT2D eigenvalue weighted by Gasteiger charge is -2.15. The molecule has 0 atom stereocenters. The fourth-order valence-corrected chi connectivity index (χ4v) is 3.09. The highest BCUT2D eigenvalue weighted by atomic mass is 32.1. The number of benzene rings is 2.